The van der Waals surface area contributed by atoms with Gasteiger partial charge < -0.3 is 9.84 Å². The fourth-order valence-electron chi connectivity index (χ4n) is 3.70. The normalized spacial score (nSPS) is 22.5. The van der Waals surface area contributed by atoms with E-state index in [4.69, 9.17) is 4.74 Å². The highest BCUT2D eigenvalue weighted by Crippen LogP contribution is 2.24. The van der Waals surface area contributed by atoms with Gasteiger partial charge in [0.1, 0.15) is 18.5 Å². The number of benzene rings is 2. The molecular formula is C22H29NO2. The van der Waals surface area contributed by atoms with E-state index in [2.05, 4.69) is 43.0 Å². The summed E-state index contributed by atoms with van der Waals surface area (Å²) in [6.07, 6.45) is 3.27. The Kier molecular flexibility index (Phi) is 6.11. The molecule has 0 unspecified atom stereocenters. The van der Waals surface area contributed by atoms with Crippen molar-refractivity contribution in [3.63, 3.8) is 0 Å². The molecule has 3 rings (SSSR count). The molecule has 0 aromatic heterocycles. The first-order valence-electron chi connectivity index (χ1n) is 9.35. The van der Waals surface area contributed by atoms with Crippen LogP contribution in [0.25, 0.3) is 11.1 Å². The number of aliphatic hydroxyl groups is 1. The average molecular weight is 339 g/mol. The Morgan fingerprint density at radius 1 is 0.960 bits per heavy atom. The van der Waals surface area contributed by atoms with Crippen LogP contribution in [-0.4, -0.2) is 41.3 Å². The van der Waals surface area contributed by atoms with Gasteiger partial charge in [0.2, 0.25) is 0 Å². The zero-order valence-corrected chi connectivity index (χ0v) is 15.3. The summed E-state index contributed by atoms with van der Waals surface area (Å²) >= 11 is 0. The summed E-state index contributed by atoms with van der Waals surface area (Å²) in [5, 5.41) is 10.4. The number of nitrogens with zero attached hydrogens (tertiary/aromatic N) is 1. The third-order valence-electron chi connectivity index (χ3n) is 5.20. The number of rotatable bonds is 6. The minimum absolute atomic E-state index is 0.334. The van der Waals surface area contributed by atoms with Crippen molar-refractivity contribution >= 4 is 0 Å². The molecule has 0 bridgehead atoms. The van der Waals surface area contributed by atoms with E-state index in [1.54, 1.807) is 0 Å². The van der Waals surface area contributed by atoms with Crippen LogP contribution in [0.2, 0.25) is 0 Å². The third-order valence-corrected chi connectivity index (χ3v) is 5.20. The van der Waals surface area contributed by atoms with Crippen LogP contribution in [0.4, 0.5) is 0 Å². The first kappa shape index (κ1) is 18.0. The minimum atomic E-state index is -0.461. The molecule has 1 heterocycles. The lowest BCUT2D eigenvalue weighted by molar-refractivity contribution is 0.0209. The van der Waals surface area contributed by atoms with Crippen molar-refractivity contribution < 1.29 is 9.84 Å². The zero-order chi connectivity index (χ0) is 17.6. The number of β-amino-alcohol motifs (C(OH)–C–C–N with tert-alkyl or cyclic N) is 1. The van der Waals surface area contributed by atoms with Gasteiger partial charge in [0, 0.05) is 18.6 Å². The predicted molar refractivity (Wildman–Crippen MR) is 103 cm³/mol. The second kappa shape index (κ2) is 8.50. The van der Waals surface area contributed by atoms with Crippen LogP contribution in [0.1, 0.15) is 33.1 Å². The molecule has 1 fully saturated rings. The molecule has 25 heavy (non-hydrogen) atoms. The van der Waals surface area contributed by atoms with E-state index >= 15 is 0 Å². The van der Waals surface area contributed by atoms with Gasteiger partial charge in [-0.3, -0.25) is 4.90 Å². The smallest absolute Gasteiger partial charge is 0.119 e. The predicted octanol–water partition coefficient (Wildman–Crippen LogP) is 4.36. The maximum absolute atomic E-state index is 10.4. The van der Waals surface area contributed by atoms with E-state index in [1.807, 2.05) is 30.3 Å². The highest BCUT2D eigenvalue weighted by atomic mass is 16.5. The highest BCUT2D eigenvalue weighted by molar-refractivity contribution is 5.63. The molecule has 0 radical (unpaired) electrons. The van der Waals surface area contributed by atoms with Gasteiger partial charge in [-0.25, -0.2) is 0 Å². The van der Waals surface area contributed by atoms with Crippen molar-refractivity contribution in [2.75, 3.05) is 13.2 Å². The molecule has 1 N–H and O–H groups in total. The lowest BCUT2D eigenvalue weighted by atomic mass is 9.97. The van der Waals surface area contributed by atoms with Gasteiger partial charge in [0.05, 0.1) is 0 Å². The number of piperidine rings is 1. The van der Waals surface area contributed by atoms with Gasteiger partial charge in [0.25, 0.3) is 0 Å². The van der Waals surface area contributed by atoms with Gasteiger partial charge in [-0.05, 0) is 49.9 Å². The number of ether oxygens (including phenoxy) is 1. The molecule has 0 saturated carbocycles. The van der Waals surface area contributed by atoms with Crippen molar-refractivity contribution in [1.29, 1.82) is 0 Å². The molecule has 1 aliphatic rings. The van der Waals surface area contributed by atoms with E-state index in [-0.39, 0.29) is 0 Å². The summed E-state index contributed by atoms with van der Waals surface area (Å²) < 4.78 is 5.79. The number of likely N-dealkylation sites (tertiary alicyclic amines) is 1. The highest BCUT2D eigenvalue weighted by Gasteiger charge is 2.26. The third kappa shape index (κ3) is 4.83. The molecule has 134 valence electrons. The Balaban J connectivity index is 1.51. The maximum atomic E-state index is 10.4. The molecule has 2 aromatic carbocycles. The number of aliphatic hydroxyl groups excluding tert-OH is 1. The van der Waals surface area contributed by atoms with Gasteiger partial charge in [-0.2, -0.15) is 0 Å². The topological polar surface area (TPSA) is 32.7 Å². The zero-order valence-electron chi connectivity index (χ0n) is 15.3. The SMILES string of the molecule is C[C@@H]1CCC[C@@H](C)N1C[C@H](O)COc1ccc(-c2ccccc2)cc1. The fraction of sp³-hybridized carbons (Fsp3) is 0.455. The molecule has 3 atom stereocenters. The maximum Gasteiger partial charge on any atom is 0.119 e. The van der Waals surface area contributed by atoms with Crippen LogP contribution in [0.15, 0.2) is 54.6 Å². The summed E-state index contributed by atoms with van der Waals surface area (Å²) in [7, 11) is 0. The Morgan fingerprint density at radius 2 is 1.56 bits per heavy atom. The van der Waals surface area contributed by atoms with Gasteiger partial charge in [0.15, 0.2) is 0 Å². The van der Waals surface area contributed by atoms with Crippen LogP contribution in [0, 0.1) is 0 Å². The van der Waals surface area contributed by atoms with Gasteiger partial charge in [-0.15, -0.1) is 0 Å². The molecule has 3 heteroatoms. The molecule has 0 spiro atoms. The molecule has 0 aliphatic carbocycles. The van der Waals surface area contributed by atoms with Crippen molar-refractivity contribution in [3.05, 3.63) is 54.6 Å². The Hall–Kier alpha value is -1.84. The van der Waals surface area contributed by atoms with Crippen LogP contribution < -0.4 is 4.74 Å². The summed E-state index contributed by atoms with van der Waals surface area (Å²) in [5.41, 5.74) is 2.37. The number of hydrogen-bond acceptors (Lipinski definition) is 3. The quantitative estimate of drug-likeness (QED) is 0.849. The van der Waals surface area contributed by atoms with Crippen LogP contribution in [0.5, 0.6) is 5.75 Å². The van der Waals surface area contributed by atoms with Crippen molar-refractivity contribution in [2.24, 2.45) is 0 Å². The monoisotopic (exact) mass is 339 g/mol. The Labute approximate surface area is 151 Å². The van der Waals surface area contributed by atoms with E-state index in [9.17, 15) is 5.11 Å². The molecule has 3 nitrogen and oxygen atoms in total. The van der Waals surface area contributed by atoms with E-state index in [1.165, 1.54) is 30.4 Å². The van der Waals surface area contributed by atoms with E-state index < -0.39 is 6.10 Å². The van der Waals surface area contributed by atoms with Crippen LogP contribution >= 0.6 is 0 Å². The minimum Gasteiger partial charge on any atom is -0.491 e. The second-order valence-corrected chi connectivity index (χ2v) is 7.18. The lowest BCUT2D eigenvalue weighted by Gasteiger charge is -2.40. The Morgan fingerprint density at radius 3 is 2.20 bits per heavy atom. The van der Waals surface area contributed by atoms with Gasteiger partial charge >= 0.3 is 0 Å². The van der Waals surface area contributed by atoms with Gasteiger partial charge in [-0.1, -0.05) is 48.9 Å². The van der Waals surface area contributed by atoms with Crippen molar-refractivity contribution in [3.8, 4) is 16.9 Å². The van der Waals surface area contributed by atoms with Crippen LogP contribution in [0.3, 0.4) is 0 Å². The fourth-order valence-corrected chi connectivity index (χ4v) is 3.70. The Bertz CT molecular complexity index is 631. The lowest BCUT2D eigenvalue weighted by Crippen LogP contribution is -2.48. The first-order chi connectivity index (χ1) is 12.1. The molecule has 1 saturated heterocycles. The second-order valence-electron chi connectivity index (χ2n) is 7.18. The summed E-state index contributed by atoms with van der Waals surface area (Å²) in [4.78, 5) is 2.41. The number of hydrogen-bond donors (Lipinski definition) is 1. The first-order valence-corrected chi connectivity index (χ1v) is 9.35. The molecule has 1 aliphatic heterocycles. The summed E-state index contributed by atoms with van der Waals surface area (Å²) in [5.74, 6) is 0.804. The largest absolute Gasteiger partial charge is 0.491 e. The van der Waals surface area contributed by atoms with Crippen molar-refractivity contribution in [1.82, 2.24) is 4.90 Å². The van der Waals surface area contributed by atoms with E-state index in [0.29, 0.717) is 25.2 Å². The molecular weight excluding hydrogens is 310 g/mol. The summed E-state index contributed by atoms with van der Waals surface area (Å²) in [6, 6.07) is 19.5. The van der Waals surface area contributed by atoms with E-state index in [0.717, 1.165) is 5.75 Å². The summed E-state index contributed by atoms with van der Waals surface area (Å²) in [6.45, 7) is 5.53. The molecule has 0 amide bonds. The standard InChI is InChI=1S/C22H29NO2/c1-17-7-6-8-18(2)23(17)15-21(24)16-25-22-13-11-20(12-14-22)19-9-4-3-5-10-19/h3-5,9-14,17-18,21,24H,6-8,15-16H2,1-2H3/t17-,18-,21+/m1/s1. The van der Waals surface area contributed by atoms with Crippen LogP contribution in [-0.2, 0) is 0 Å². The van der Waals surface area contributed by atoms with Crippen molar-refractivity contribution in [2.45, 2.75) is 51.3 Å². The molecule has 2 aromatic rings. The average Bonchev–Trinajstić information content (AvgIpc) is 2.64.